The maximum atomic E-state index is 12.1. The van der Waals surface area contributed by atoms with Gasteiger partial charge in [-0.3, -0.25) is 0 Å². The van der Waals surface area contributed by atoms with Crippen LogP contribution >= 0.6 is 11.5 Å². The second-order valence-electron chi connectivity index (χ2n) is 6.20. The molecule has 1 aromatic rings. The highest BCUT2D eigenvalue weighted by atomic mass is 32.2. The van der Waals surface area contributed by atoms with Crippen molar-refractivity contribution in [2.24, 2.45) is 0 Å². The number of hydrogen-bond acceptors (Lipinski definition) is 6. The molecule has 5 nitrogen and oxygen atoms in total. The topological polar surface area (TPSA) is 64.1 Å². The van der Waals surface area contributed by atoms with E-state index in [1.165, 1.54) is 30.8 Å². The van der Waals surface area contributed by atoms with Gasteiger partial charge in [0.2, 0.25) is 5.95 Å². The summed E-state index contributed by atoms with van der Waals surface area (Å²) in [6, 6.07) is -0.0360. The summed E-state index contributed by atoms with van der Waals surface area (Å²) < 4.78 is 19.4. The highest BCUT2D eigenvalue weighted by Gasteiger charge is 2.29. The van der Waals surface area contributed by atoms with Crippen molar-refractivity contribution in [3.63, 3.8) is 0 Å². The van der Waals surface area contributed by atoms with Crippen LogP contribution in [0.5, 0.6) is 0 Å². The van der Waals surface area contributed by atoms with E-state index in [4.69, 9.17) is 0 Å². The zero-order valence-corrected chi connectivity index (χ0v) is 14.3. The highest BCUT2D eigenvalue weighted by molar-refractivity contribution is 7.90. The standard InChI is InChI=1S/C13H24N4OS2/c1-10(16-20(18)13(2,3)4)11-14-12(15-19-11)17-8-6-5-7-9-17/h10,16H,5-9H2,1-4H3/t10?,20-/m1/s1. The summed E-state index contributed by atoms with van der Waals surface area (Å²) in [5.41, 5.74) is 0. The Bertz CT molecular complexity index is 426. The van der Waals surface area contributed by atoms with Crippen molar-refractivity contribution in [1.82, 2.24) is 14.1 Å². The molecule has 0 aliphatic carbocycles. The minimum absolute atomic E-state index is 0.0360. The van der Waals surface area contributed by atoms with Crippen LogP contribution in [-0.2, 0) is 11.4 Å². The number of piperidine rings is 1. The van der Waals surface area contributed by atoms with Crippen LogP contribution in [0.3, 0.4) is 0 Å². The molecular weight excluding hydrogens is 292 g/mol. The highest BCUT2D eigenvalue weighted by Crippen LogP contribution is 2.24. The molecule has 1 aromatic heterocycles. The van der Waals surface area contributed by atoms with Gasteiger partial charge in [0, 0.05) is 24.5 Å². The van der Waals surface area contributed by atoms with Gasteiger partial charge in [-0.15, -0.1) is 4.72 Å². The first kappa shape index (κ1) is 16.0. The molecule has 1 aliphatic rings. The lowest BCUT2D eigenvalue weighted by molar-refractivity contribution is 0.530. The zero-order chi connectivity index (χ0) is 14.8. The lowest BCUT2D eigenvalue weighted by Crippen LogP contribution is -2.40. The average molecular weight is 316 g/mol. The second kappa shape index (κ2) is 6.60. The number of nitrogens with one attached hydrogen (secondary N) is 1. The fraction of sp³-hybridized carbons (Fsp3) is 0.846. The quantitative estimate of drug-likeness (QED) is 0.865. The lowest BCUT2D eigenvalue weighted by atomic mass is 10.1. The molecule has 114 valence electrons. The Balaban J connectivity index is 1.97. The summed E-state index contributed by atoms with van der Waals surface area (Å²) >= 11 is 0.316. The molecule has 1 N–H and O–H groups in total. The van der Waals surface area contributed by atoms with Gasteiger partial charge in [0.05, 0.1) is 0 Å². The summed E-state index contributed by atoms with van der Waals surface area (Å²) in [6.45, 7) is 9.97. The predicted octanol–water partition coefficient (Wildman–Crippen LogP) is 2.64. The van der Waals surface area contributed by atoms with E-state index in [2.05, 4.69) is 19.0 Å². The van der Waals surface area contributed by atoms with Gasteiger partial charge in [-0.2, -0.15) is 4.37 Å². The van der Waals surface area contributed by atoms with Gasteiger partial charge in [-0.25, -0.2) is 4.98 Å². The van der Waals surface area contributed by atoms with Gasteiger partial charge in [0.15, 0.2) is 0 Å². The molecule has 0 bridgehead atoms. The third-order valence-corrected chi connectivity index (χ3v) is 5.85. The Kier molecular flexibility index (Phi) is 5.28. The average Bonchev–Trinajstić information content (AvgIpc) is 2.88. The molecule has 2 heterocycles. The smallest absolute Gasteiger partial charge is 0.237 e. The molecular formula is C13H24N4OS2. The van der Waals surface area contributed by atoms with Crippen molar-refractivity contribution in [3.05, 3.63) is 5.01 Å². The molecule has 2 atom stereocenters. The molecule has 7 heteroatoms. The third-order valence-electron chi connectivity index (χ3n) is 3.28. The monoisotopic (exact) mass is 316 g/mol. The third kappa shape index (κ3) is 4.07. The summed E-state index contributed by atoms with van der Waals surface area (Å²) in [7, 11) is 0. The lowest BCUT2D eigenvalue weighted by Gasteiger charge is -2.26. The second-order valence-corrected chi connectivity index (χ2v) is 8.98. The summed E-state index contributed by atoms with van der Waals surface area (Å²) in [4.78, 5) is 6.85. The van der Waals surface area contributed by atoms with E-state index in [9.17, 15) is 4.55 Å². The first-order valence-corrected chi connectivity index (χ1v) is 9.07. The van der Waals surface area contributed by atoms with Gasteiger partial charge in [0.1, 0.15) is 15.8 Å². The van der Waals surface area contributed by atoms with Crippen molar-refractivity contribution in [2.75, 3.05) is 18.0 Å². The van der Waals surface area contributed by atoms with Crippen LogP contribution in [0.1, 0.15) is 58.0 Å². The minimum Gasteiger partial charge on any atom is -0.598 e. The molecule has 0 amide bonds. The fourth-order valence-electron chi connectivity index (χ4n) is 2.01. The van der Waals surface area contributed by atoms with Crippen molar-refractivity contribution >= 4 is 28.8 Å². The largest absolute Gasteiger partial charge is 0.598 e. The van der Waals surface area contributed by atoms with Crippen molar-refractivity contribution in [2.45, 2.75) is 57.7 Å². The van der Waals surface area contributed by atoms with Gasteiger partial charge in [-0.05, 0) is 58.5 Å². The Hall–Kier alpha value is -0.370. The first-order chi connectivity index (χ1) is 9.38. The Morgan fingerprint density at radius 3 is 2.55 bits per heavy atom. The van der Waals surface area contributed by atoms with Crippen LogP contribution in [0.25, 0.3) is 0 Å². The number of rotatable bonds is 4. The number of hydrogen-bond donors (Lipinski definition) is 1. The van der Waals surface area contributed by atoms with Gasteiger partial charge < -0.3 is 9.45 Å². The minimum atomic E-state index is -1.09. The van der Waals surface area contributed by atoms with Crippen LogP contribution in [0.15, 0.2) is 0 Å². The molecule has 0 radical (unpaired) electrons. The van der Waals surface area contributed by atoms with Gasteiger partial charge in [0.25, 0.3) is 0 Å². The Morgan fingerprint density at radius 2 is 1.95 bits per heavy atom. The molecule has 0 aromatic carbocycles. The Morgan fingerprint density at radius 1 is 1.30 bits per heavy atom. The zero-order valence-electron chi connectivity index (χ0n) is 12.7. The maximum absolute atomic E-state index is 12.1. The van der Waals surface area contributed by atoms with E-state index in [1.807, 2.05) is 27.7 Å². The summed E-state index contributed by atoms with van der Waals surface area (Å²) in [6.07, 6.45) is 3.74. The van der Waals surface area contributed by atoms with E-state index in [0.717, 1.165) is 24.0 Å². The molecule has 1 aliphatic heterocycles. The maximum Gasteiger partial charge on any atom is 0.237 e. The van der Waals surface area contributed by atoms with Crippen LogP contribution in [0, 0.1) is 0 Å². The molecule has 0 spiro atoms. The first-order valence-electron chi connectivity index (χ1n) is 7.14. The fourth-order valence-corrected chi connectivity index (χ4v) is 3.54. The van der Waals surface area contributed by atoms with Crippen LogP contribution in [0.2, 0.25) is 0 Å². The number of aromatic nitrogens is 2. The van der Waals surface area contributed by atoms with E-state index in [-0.39, 0.29) is 10.8 Å². The van der Waals surface area contributed by atoms with Gasteiger partial charge >= 0.3 is 0 Å². The van der Waals surface area contributed by atoms with Gasteiger partial charge in [-0.1, -0.05) is 0 Å². The van der Waals surface area contributed by atoms with Crippen molar-refractivity contribution in [3.8, 4) is 0 Å². The predicted molar refractivity (Wildman–Crippen MR) is 85.4 cm³/mol. The molecule has 0 saturated carbocycles. The summed E-state index contributed by atoms with van der Waals surface area (Å²) in [5, 5.41) is 0.906. The molecule has 2 rings (SSSR count). The van der Waals surface area contributed by atoms with E-state index >= 15 is 0 Å². The van der Waals surface area contributed by atoms with Crippen LogP contribution in [-0.4, -0.2) is 31.7 Å². The normalized spacial score (nSPS) is 19.9. The molecule has 1 unspecified atom stereocenters. The number of nitrogens with zero attached hydrogens (tertiary/aromatic N) is 3. The molecule has 1 saturated heterocycles. The van der Waals surface area contributed by atoms with Crippen molar-refractivity contribution < 1.29 is 4.55 Å². The SMILES string of the molecule is CC(N[S@+]([O-])C(C)(C)C)c1nc(N2CCCCC2)ns1. The van der Waals surface area contributed by atoms with Crippen molar-refractivity contribution in [1.29, 1.82) is 0 Å². The van der Waals surface area contributed by atoms with Crippen LogP contribution < -0.4 is 9.62 Å². The molecule has 20 heavy (non-hydrogen) atoms. The molecule has 1 fully saturated rings. The van der Waals surface area contributed by atoms with E-state index in [1.54, 1.807) is 0 Å². The Labute approximate surface area is 128 Å². The van der Waals surface area contributed by atoms with E-state index in [0.29, 0.717) is 0 Å². The number of anilines is 1. The van der Waals surface area contributed by atoms with E-state index < -0.39 is 11.4 Å². The summed E-state index contributed by atoms with van der Waals surface area (Å²) in [5.74, 6) is 0.833. The van der Waals surface area contributed by atoms with Crippen LogP contribution in [0.4, 0.5) is 5.95 Å².